The summed E-state index contributed by atoms with van der Waals surface area (Å²) in [6.45, 7) is 8.76. The molecule has 0 saturated heterocycles. The van der Waals surface area contributed by atoms with Crippen LogP contribution in [0.25, 0.3) is 0 Å². The van der Waals surface area contributed by atoms with E-state index in [0.29, 0.717) is 5.56 Å². The Morgan fingerprint density at radius 2 is 0.977 bits per heavy atom. The van der Waals surface area contributed by atoms with Crippen LogP contribution in [0.4, 0.5) is 0 Å². The highest BCUT2D eigenvalue weighted by molar-refractivity contribution is 7.95. The van der Waals surface area contributed by atoms with Crippen molar-refractivity contribution >= 4 is 68.1 Å². The smallest absolute Gasteiger partial charge is 0.280 e. The minimum atomic E-state index is -3.89. The summed E-state index contributed by atoms with van der Waals surface area (Å²) in [5.74, 6) is -1.32. The predicted octanol–water partition coefficient (Wildman–Crippen LogP) is 1.95. The molecule has 0 aliphatic heterocycles. The summed E-state index contributed by atoms with van der Waals surface area (Å²) in [5.41, 5.74) is 10.7. The van der Waals surface area contributed by atoms with Crippen LogP contribution in [0.15, 0.2) is 48.8 Å². The molecule has 0 fully saturated rings. The first-order valence-electron chi connectivity index (χ1n) is 12.2. The number of hydrogen-bond donors (Lipinski definition) is 2. The molecule has 18 heteroatoms. The van der Waals surface area contributed by atoms with Gasteiger partial charge in [-0.2, -0.15) is 4.99 Å². The lowest BCUT2D eigenvalue weighted by molar-refractivity contribution is 0.100. The number of carbonyl (C=O) groups is 2. The van der Waals surface area contributed by atoms with Crippen molar-refractivity contribution in [3.63, 3.8) is 0 Å². The Morgan fingerprint density at radius 1 is 0.651 bits per heavy atom. The second-order valence-corrected chi connectivity index (χ2v) is 19.3. The molecule has 0 heterocycles. The van der Waals surface area contributed by atoms with Gasteiger partial charge in [0.05, 0.1) is 30.1 Å². The lowest BCUT2D eigenvalue weighted by Gasteiger charge is -2.14. The first-order chi connectivity index (χ1) is 19.2. The summed E-state index contributed by atoms with van der Waals surface area (Å²) in [6.07, 6.45) is 1.76. The Labute approximate surface area is 257 Å². The minimum Gasteiger partial charge on any atom is -0.370 e. The molecule has 0 unspecified atom stereocenters. The van der Waals surface area contributed by atoms with Crippen LogP contribution in [0, 0.1) is 13.8 Å². The average Bonchev–Trinajstić information content (AvgIpc) is 2.81. The van der Waals surface area contributed by atoms with Gasteiger partial charge < -0.3 is 11.5 Å². The third kappa shape index (κ3) is 9.07. The highest BCUT2D eigenvalue weighted by atomic mass is 35.5. The Balaban J connectivity index is 0.000000434. The lowest BCUT2D eigenvalue weighted by Crippen LogP contribution is -2.24. The van der Waals surface area contributed by atoms with E-state index in [0.717, 1.165) is 30.7 Å². The fourth-order valence-electron chi connectivity index (χ4n) is 3.47. The van der Waals surface area contributed by atoms with Crippen molar-refractivity contribution in [2.45, 2.75) is 71.6 Å². The fourth-order valence-corrected chi connectivity index (χ4v) is 9.17. The molecule has 13 nitrogen and oxygen atoms in total. The quantitative estimate of drug-likeness (QED) is 0.228. The SMILES string of the molecule is Cc1cc(S(=O)(=O)C(C)C)c(S(C)(=O)=O)cc1C(=O)Cl.Cc1cc(S(=O)(=O)C(C)C)c(S(C)(=O)=O)cc1C(=O)N=C(N)N. The van der Waals surface area contributed by atoms with E-state index >= 15 is 0 Å². The standard InChI is InChI=1S/C13H19N3O5S2.C12H15ClO5S2/c1-7(2)23(20,21)11-5-8(3)9(12(17)16-13(14)15)6-10(11)22(4,18)19;1-7(2)20(17,18)11-5-8(3)9(12(13)14)6-10(11)19(4,15)16/h5-7H,1-4H3,(H4,14,15,16,17);5-7H,1-4H3. The molecule has 2 aromatic rings. The Hall–Kier alpha value is -2.86. The summed E-state index contributed by atoms with van der Waals surface area (Å²) >= 11 is 5.38. The number of halogens is 1. The van der Waals surface area contributed by atoms with E-state index in [4.69, 9.17) is 23.1 Å². The van der Waals surface area contributed by atoms with Crippen molar-refractivity contribution in [1.82, 2.24) is 0 Å². The maximum Gasteiger partial charge on any atom is 0.280 e. The summed E-state index contributed by atoms with van der Waals surface area (Å²) in [7, 11) is -15.4. The van der Waals surface area contributed by atoms with Crippen LogP contribution in [-0.2, 0) is 39.3 Å². The molecule has 4 N–H and O–H groups in total. The highest BCUT2D eigenvalue weighted by Crippen LogP contribution is 2.30. The number of nitrogens with zero attached hydrogens (tertiary/aromatic N) is 1. The van der Waals surface area contributed by atoms with Gasteiger partial charge in [0.15, 0.2) is 45.3 Å². The third-order valence-electron chi connectivity index (χ3n) is 5.91. The Morgan fingerprint density at radius 3 is 1.26 bits per heavy atom. The van der Waals surface area contributed by atoms with E-state index in [9.17, 15) is 43.3 Å². The molecule has 2 rings (SSSR count). The zero-order chi connectivity index (χ0) is 34.0. The molecule has 0 aromatic heterocycles. The van der Waals surface area contributed by atoms with Gasteiger partial charge in [-0.3, -0.25) is 9.59 Å². The predicted molar refractivity (Wildman–Crippen MR) is 164 cm³/mol. The number of carbonyl (C=O) groups excluding carboxylic acids is 2. The molecule has 2 aromatic carbocycles. The normalized spacial score (nSPS) is 12.4. The van der Waals surface area contributed by atoms with Gasteiger partial charge in [0.25, 0.3) is 11.1 Å². The van der Waals surface area contributed by atoms with Crippen molar-refractivity contribution in [3.05, 3.63) is 46.5 Å². The second-order valence-electron chi connectivity index (χ2n) is 10.1. The van der Waals surface area contributed by atoms with Gasteiger partial charge in [-0.25, -0.2) is 33.7 Å². The molecule has 0 aliphatic carbocycles. The molecule has 240 valence electrons. The van der Waals surface area contributed by atoms with Crippen LogP contribution >= 0.6 is 11.6 Å². The van der Waals surface area contributed by atoms with Gasteiger partial charge in [0, 0.05) is 23.6 Å². The van der Waals surface area contributed by atoms with Crippen LogP contribution in [0.1, 0.15) is 59.5 Å². The highest BCUT2D eigenvalue weighted by Gasteiger charge is 2.30. The molecule has 0 bridgehead atoms. The fraction of sp³-hybridized carbons (Fsp3) is 0.400. The first-order valence-corrected chi connectivity index (χ1v) is 19.4. The van der Waals surface area contributed by atoms with E-state index in [1.165, 1.54) is 47.6 Å². The molecule has 0 aliphatic rings. The average molecular weight is 700 g/mol. The van der Waals surface area contributed by atoms with Crippen LogP contribution in [0.2, 0.25) is 0 Å². The Bertz CT molecular complexity index is 1930. The van der Waals surface area contributed by atoms with Crippen LogP contribution < -0.4 is 11.5 Å². The number of aliphatic imine (C=N–C) groups is 1. The summed E-state index contributed by atoms with van der Waals surface area (Å²) in [5, 5.41) is -2.43. The van der Waals surface area contributed by atoms with Gasteiger partial charge in [-0.15, -0.1) is 0 Å². The van der Waals surface area contributed by atoms with Crippen LogP contribution in [0.5, 0.6) is 0 Å². The maximum absolute atomic E-state index is 12.4. The van der Waals surface area contributed by atoms with E-state index < -0.39 is 76.7 Å². The van der Waals surface area contributed by atoms with Crippen molar-refractivity contribution in [2.75, 3.05) is 12.5 Å². The summed E-state index contributed by atoms with van der Waals surface area (Å²) in [6, 6.07) is 4.35. The molecular weight excluding hydrogens is 666 g/mol. The molecule has 1 amide bonds. The molecular formula is C25H34ClN3O10S4. The molecule has 0 radical (unpaired) electrons. The number of nitrogens with two attached hydrogens (primary N) is 2. The van der Waals surface area contributed by atoms with Crippen molar-refractivity contribution in [2.24, 2.45) is 16.5 Å². The van der Waals surface area contributed by atoms with Crippen LogP contribution in [0.3, 0.4) is 0 Å². The number of benzene rings is 2. The molecule has 43 heavy (non-hydrogen) atoms. The van der Waals surface area contributed by atoms with E-state index in [-0.39, 0.29) is 26.5 Å². The number of aryl methyl sites for hydroxylation is 2. The number of amides is 1. The third-order valence-corrected chi connectivity index (χ3v) is 13.0. The zero-order valence-corrected chi connectivity index (χ0v) is 28.7. The lowest BCUT2D eigenvalue weighted by atomic mass is 10.1. The number of guanidine groups is 1. The monoisotopic (exact) mass is 699 g/mol. The van der Waals surface area contributed by atoms with Crippen LogP contribution in [-0.4, -0.2) is 73.8 Å². The maximum atomic E-state index is 12.4. The summed E-state index contributed by atoms with van der Waals surface area (Å²) in [4.78, 5) is 25.1. The number of sulfone groups is 4. The van der Waals surface area contributed by atoms with E-state index in [2.05, 4.69) is 4.99 Å². The summed E-state index contributed by atoms with van der Waals surface area (Å²) < 4.78 is 96.8. The van der Waals surface area contributed by atoms with Gasteiger partial charge in [-0.05, 0) is 88.5 Å². The second kappa shape index (κ2) is 13.4. The number of hydrogen-bond acceptors (Lipinski definition) is 10. The van der Waals surface area contributed by atoms with Gasteiger partial charge >= 0.3 is 0 Å². The molecule has 0 saturated carbocycles. The van der Waals surface area contributed by atoms with E-state index in [1.54, 1.807) is 0 Å². The number of rotatable bonds is 8. The van der Waals surface area contributed by atoms with Crippen molar-refractivity contribution in [1.29, 1.82) is 0 Å². The topological polar surface area (TPSA) is 235 Å². The van der Waals surface area contributed by atoms with Gasteiger partial charge in [0.2, 0.25) is 0 Å². The minimum absolute atomic E-state index is 0.0187. The first kappa shape index (κ1) is 38.2. The van der Waals surface area contributed by atoms with Crippen molar-refractivity contribution < 1.29 is 43.3 Å². The van der Waals surface area contributed by atoms with Crippen molar-refractivity contribution in [3.8, 4) is 0 Å². The van der Waals surface area contributed by atoms with Gasteiger partial charge in [-0.1, -0.05) is 0 Å². The van der Waals surface area contributed by atoms with E-state index in [1.807, 2.05) is 0 Å². The molecule has 0 atom stereocenters. The molecule has 0 spiro atoms. The zero-order valence-electron chi connectivity index (χ0n) is 24.7. The van der Waals surface area contributed by atoms with Gasteiger partial charge in [0.1, 0.15) is 0 Å². The largest absolute Gasteiger partial charge is 0.370 e. The Kier molecular flexibility index (Phi) is 11.9.